The standard InChI is InChI=1S/C17H28N2/c1-6-15-11-18-17(4,5)12-19(15)16-9-7-14(8-10-16)13(2)3/h7-10,13,15,18H,6,11-12H2,1-5H3. The molecule has 1 unspecified atom stereocenters. The molecular weight excluding hydrogens is 232 g/mol. The molecule has 0 spiro atoms. The molecule has 2 heteroatoms. The maximum Gasteiger partial charge on any atom is 0.0412 e. The van der Waals surface area contributed by atoms with Crippen LogP contribution in [0.15, 0.2) is 24.3 Å². The molecule has 0 saturated carbocycles. The van der Waals surface area contributed by atoms with Crippen LogP contribution in [0.3, 0.4) is 0 Å². The van der Waals surface area contributed by atoms with E-state index in [-0.39, 0.29) is 5.54 Å². The molecule has 1 aliphatic rings. The van der Waals surface area contributed by atoms with Gasteiger partial charge >= 0.3 is 0 Å². The van der Waals surface area contributed by atoms with Gasteiger partial charge in [-0.2, -0.15) is 0 Å². The number of piperazine rings is 1. The van der Waals surface area contributed by atoms with Crippen LogP contribution in [0.25, 0.3) is 0 Å². The third kappa shape index (κ3) is 3.30. The van der Waals surface area contributed by atoms with Gasteiger partial charge in [-0.1, -0.05) is 32.9 Å². The van der Waals surface area contributed by atoms with E-state index in [2.05, 4.69) is 69.1 Å². The lowest BCUT2D eigenvalue weighted by atomic mass is 9.96. The Morgan fingerprint density at radius 1 is 1.26 bits per heavy atom. The summed E-state index contributed by atoms with van der Waals surface area (Å²) in [6, 6.07) is 9.75. The van der Waals surface area contributed by atoms with E-state index in [4.69, 9.17) is 0 Å². The molecule has 1 aromatic carbocycles. The highest BCUT2D eigenvalue weighted by molar-refractivity contribution is 5.50. The summed E-state index contributed by atoms with van der Waals surface area (Å²) in [5.74, 6) is 0.607. The van der Waals surface area contributed by atoms with Crippen LogP contribution in [0.1, 0.15) is 52.5 Å². The lowest BCUT2D eigenvalue weighted by Gasteiger charge is -2.46. The monoisotopic (exact) mass is 260 g/mol. The van der Waals surface area contributed by atoms with Crippen molar-refractivity contribution in [2.24, 2.45) is 0 Å². The zero-order chi connectivity index (χ0) is 14.0. The van der Waals surface area contributed by atoms with E-state index in [0.717, 1.165) is 13.1 Å². The van der Waals surface area contributed by atoms with Gasteiger partial charge in [0.1, 0.15) is 0 Å². The van der Waals surface area contributed by atoms with Crippen molar-refractivity contribution in [1.29, 1.82) is 0 Å². The van der Waals surface area contributed by atoms with Crippen molar-refractivity contribution in [2.75, 3.05) is 18.0 Å². The lowest BCUT2D eigenvalue weighted by Crippen LogP contribution is -2.61. The van der Waals surface area contributed by atoms with Crippen LogP contribution in [0.2, 0.25) is 0 Å². The van der Waals surface area contributed by atoms with Gasteiger partial charge in [0.2, 0.25) is 0 Å². The average Bonchev–Trinajstić information content (AvgIpc) is 2.38. The predicted molar refractivity (Wildman–Crippen MR) is 84.0 cm³/mol. The fourth-order valence-electron chi connectivity index (χ4n) is 2.83. The Labute approximate surface area is 118 Å². The van der Waals surface area contributed by atoms with Gasteiger partial charge in [-0.25, -0.2) is 0 Å². The molecular formula is C17H28N2. The van der Waals surface area contributed by atoms with Gasteiger partial charge in [0.05, 0.1) is 0 Å². The number of nitrogens with zero attached hydrogens (tertiary/aromatic N) is 1. The van der Waals surface area contributed by atoms with Gasteiger partial charge in [-0.3, -0.25) is 0 Å². The Morgan fingerprint density at radius 3 is 2.42 bits per heavy atom. The van der Waals surface area contributed by atoms with E-state index in [1.54, 1.807) is 0 Å². The van der Waals surface area contributed by atoms with Gasteiger partial charge in [-0.05, 0) is 43.9 Å². The molecule has 1 atom stereocenters. The predicted octanol–water partition coefficient (Wildman–Crippen LogP) is 3.78. The minimum Gasteiger partial charge on any atom is -0.365 e. The zero-order valence-corrected chi connectivity index (χ0v) is 13.0. The van der Waals surface area contributed by atoms with E-state index >= 15 is 0 Å². The minimum absolute atomic E-state index is 0.197. The molecule has 1 fully saturated rings. The Kier molecular flexibility index (Phi) is 4.19. The summed E-state index contributed by atoms with van der Waals surface area (Å²) >= 11 is 0. The molecule has 19 heavy (non-hydrogen) atoms. The van der Waals surface area contributed by atoms with Crippen molar-refractivity contribution in [1.82, 2.24) is 5.32 Å². The first-order valence-corrected chi connectivity index (χ1v) is 7.54. The molecule has 0 bridgehead atoms. The molecule has 106 valence electrons. The molecule has 2 nitrogen and oxygen atoms in total. The van der Waals surface area contributed by atoms with Gasteiger partial charge in [0, 0.05) is 30.4 Å². The molecule has 0 aliphatic carbocycles. The van der Waals surface area contributed by atoms with Crippen LogP contribution in [-0.2, 0) is 0 Å². The van der Waals surface area contributed by atoms with Crippen LogP contribution in [0, 0.1) is 0 Å². The van der Waals surface area contributed by atoms with Crippen molar-refractivity contribution in [3.63, 3.8) is 0 Å². The third-order valence-corrected chi connectivity index (χ3v) is 4.19. The quantitative estimate of drug-likeness (QED) is 0.890. The number of hydrogen-bond acceptors (Lipinski definition) is 2. The highest BCUT2D eigenvalue weighted by Gasteiger charge is 2.31. The smallest absolute Gasteiger partial charge is 0.0412 e. The lowest BCUT2D eigenvalue weighted by molar-refractivity contribution is 0.306. The summed E-state index contributed by atoms with van der Waals surface area (Å²) in [7, 11) is 0. The van der Waals surface area contributed by atoms with Gasteiger partial charge in [-0.15, -0.1) is 0 Å². The number of anilines is 1. The Morgan fingerprint density at radius 2 is 1.89 bits per heavy atom. The van der Waals surface area contributed by atoms with Gasteiger partial charge < -0.3 is 10.2 Å². The maximum atomic E-state index is 3.65. The Hall–Kier alpha value is -1.02. The van der Waals surface area contributed by atoms with Crippen molar-refractivity contribution in [2.45, 2.75) is 58.5 Å². The summed E-state index contributed by atoms with van der Waals surface area (Å²) in [6.07, 6.45) is 1.19. The van der Waals surface area contributed by atoms with E-state index in [0.29, 0.717) is 12.0 Å². The minimum atomic E-state index is 0.197. The highest BCUT2D eigenvalue weighted by atomic mass is 15.2. The van der Waals surface area contributed by atoms with Crippen LogP contribution in [-0.4, -0.2) is 24.7 Å². The summed E-state index contributed by atoms with van der Waals surface area (Å²) in [4.78, 5) is 2.57. The summed E-state index contributed by atoms with van der Waals surface area (Å²) in [6.45, 7) is 13.5. The van der Waals surface area contributed by atoms with Crippen molar-refractivity contribution >= 4 is 5.69 Å². The average molecular weight is 260 g/mol. The summed E-state index contributed by atoms with van der Waals surface area (Å²) in [5.41, 5.74) is 2.99. The summed E-state index contributed by atoms with van der Waals surface area (Å²) in [5, 5.41) is 3.65. The molecule has 1 N–H and O–H groups in total. The van der Waals surface area contributed by atoms with Gasteiger partial charge in [0.25, 0.3) is 0 Å². The van der Waals surface area contributed by atoms with Crippen molar-refractivity contribution in [3.05, 3.63) is 29.8 Å². The second-order valence-electron chi connectivity index (χ2n) is 6.70. The van der Waals surface area contributed by atoms with Crippen LogP contribution >= 0.6 is 0 Å². The highest BCUT2D eigenvalue weighted by Crippen LogP contribution is 2.26. The zero-order valence-electron chi connectivity index (χ0n) is 13.0. The van der Waals surface area contributed by atoms with E-state index in [1.165, 1.54) is 17.7 Å². The van der Waals surface area contributed by atoms with Crippen LogP contribution in [0.5, 0.6) is 0 Å². The molecule has 1 saturated heterocycles. The first-order valence-electron chi connectivity index (χ1n) is 7.54. The van der Waals surface area contributed by atoms with E-state index < -0.39 is 0 Å². The van der Waals surface area contributed by atoms with Gasteiger partial charge in [0.15, 0.2) is 0 Å². The maximum absolute atomic E-state index is 3.65. The number of hydrogen-bond donors (Lipinski definition) is 1. The molecule has 0 amide bonds. The Balaban J connectivity index is 2.21. The molecule has 1 heterocycles. The summed E-state index contributed by atoms with van der Waals surface area (Å²) < 4.78 is 0. The fourth-order valence-corrected chi connectivity index (χ4v) is 2.83. The number of rotatable bonds is 3. The van der Waals surface area contributed by atoms with E-state index in [1.807, 2.05) is 0 Å². The number of nitrogens with one attached hydrogen (secondary N) is 1. The normalized spacial score (nSPS) is 22.8. The first kappa shape index (κ1) is 14.4. The molecule has 2 rings (SSSR count). The Bertz CT molecular complexity index is 406. The van der Waals surface area contributed by atoms with Crippen molar-refractivity contribution in [3.8, 4) is 0 Å². The largest absolute Gasteiger partial charge is 0.365 e. The molecule has 1 aliphatic heterocycles. The second-order valence-corrected chi connectivity index (χ2v) is 6.70. The van der Waals surface area contributed by atoms with E-state index in [9.17, 15) is 0 Å². The molecule has 1 aromatic rings. The van der Waals surface area contributed by atoms with Crippen molar-refractivity contribution < 1.29 is 0 Å². The first-order chi connectivity index (χ1) is 8.93. The van der Waals surface area contributed by atoms with Crippen LogP contribution in [0.4, 0.5) is 5.69 Å². The fraction of sp³-hybridized carbons (Fsp3) is 0.647. The topological polar surface area (TPSA) is 15.3 Å². The van der Waals surface area contributed by atoms with Crippen LogP contribution < -0.4 is 10.2 Å². The molecule has 0 radical (unpaired) electrons. The SMILES string of the molecule is CCC1CNC(C)(C)CN1c1ccc(C(C)C)cc1. The second kappa shape index (κ2) is 5.54. The number of benzene rings is 1. The third-order valence-electron chi connectivity index (χ3n) is 4.19. The molecule has 0 aromatic heterocycles.